The molecule has 0 aromatic heterocycles. The van der Waals surface area contributed by atoms with Gasteiger partial charge in [0.1, 0.15) is 0 Å². The second-order valence-electron chi connectivity index (χ2n) is 5.38. The summed E-state index contributed by atoms with van der Waals surface area (Å²) in [6.45, 7) is 7.30. The van der Waals surface area contributed by atoms with E-state index in [0.717, 1.165) is 19.5 Å². The number of aliphatic hydroxyl groups excluding tert-OH is 1. The van der Waals surface area contributed by atoms with Crippen molar-refractivity contribution in [2.45, 2.75) is 32.4 Å². The Labute approximate surface area is 108 Å². The highest BCUT2D eigenvalue weighted by molar-refractivity contribution is 5.80. The summed E-state index contributed by atoms with van der Waals surface area (Å²) in [5.41, 5.74) is 0. The molecule has 2 heterocycles. The van der Waals surface area contributed by atoms with Gasteiger partial charge in [0.2, 0.25) is 5.91 Å². The van der Waals surface area contributed by atoms with Crippen molar-refractivity contribution in [3.8, 4) is 0 Å². The number of amides is 1. The quantitative estimate of drug-likeness (QED) is 0.734. The lowest BCUT2D eigenvalue weighted by molar-refractivity contribution is -0.135. The van der Waals surface area contributed by atoms with Gasteiger partial charge in [0.25, 0.3) is 0 Å². The summed E-state index contributed by atoms with van der Waals surface area (Å²) in [6, 6.07) is 0.146. The van der Waals surface area contributed by atoms with Crippen LogP contribution in [0, 0.1) is 11.8 Å². The maximum atomic E-state index is 12.4. The first-order chi connectivity index (χ1) is 8.63. The fourth-order valence-electron chi connectivity index (χ4n) is 2.88. The topological polar surface area (TPSA) is 61.8 Å². The van der Waals surface area contributed by atoms with Gasteiger partial charge in [-0.3, -0.25) is 4.79 Å². The number of likely N-dealkylation sites (N-methyl/N-ethyl adjacent to an activating group) is 1. The molecule has 2 aliphatic heterocycles. The molecule has 5 nitrogen and oxygen atoms in total. The van der Waals surface area contributed by atoms with E-state index in [2.05, 4.69) is 5.32 Å². The highest BCUT2D eigenvalue weighted by Crippen LogP contribution is 2.24. The number of nitrogens with zero attached hydrogens (tertiary/aromatic N) is 1. The SMILES string of the molecule is CCNC1COCC1C(=O)N1CCC(C(C)O)C1. The zero-order chi connectivity index (χ0) is 13.1. The van der Waals surface area contributed by atoms with E-state index in [0.29, 0.717) is 19.8 Å². The van der Waals surface area contributed by atoms with Gasteiger partial charge in [0.15, 0.2) is 0 Å². The molecule has 2 fully saturated rings. The van der Waals surface area contributed by atoms with Crippen LogP contribution in [0.15, 0.2) is 0 Å². The van der Waals surface area contributed by atoms with Crippen LogP contribution in [-0.4, -0.2) is 60.9 Å². The van der Waals surface area contributed by atoms with Crippen LogP contribution in [0.2, 0.25) is 0 Å². The van der Waals surface area contributed by atoms with Crippen LogP contribution in [0.5, 0.6) is 0 Å². The van der Waals surface area contributed by atoms with E-state index >= 15 is 0 Å². The molecule has 2 N–H and O–H groups in total. The number of hydrogen-bond donors (Lipinski definition) is 2. The van der Waals surface area contributed by atoms with Gasteiger partial charge in [-0.1, -0.05) is 6.92 Å². The fraction of sp³-hybridized carbons (Fsp3) is 0.923. The van der Waals surface area contributed by atoms with Gasteiger partial charge in [-0.05, 0) is 19.9 Å². The summed E-state index contributed by atoms with van der Waals surface area (Å²) in [6.07, 6.45) is 0.579. The van der Waals surface area contributed by atoms with E-state index in [1.165, 1.54) is 0 Å². The number of rotatable bonds is 4. The molecular formula is C13H24N2O3. The van der Waals surface area contributed by atoms with E-state index < -0.39 is 0 Å². The third-order valence-corrected chi connectivity index (χ3v) is 4.08. The Kier molecular flexibility index (Phi) is 4.59. The van der Waals surface area contributed by atoms with Gasteiger partial charge in [-0.15, -0.1) is 0 Å². The standard InChI is InChI=1S/C13H24N2O3/c1-3-14-12-8-18-7-11(12)13(17)15-5-4-10(6-15)9(2)16/h9-12,14,16H,3-8H2,1-2H3. The minimum atomic E-state index is -0.327. The minimum Gasteiger partial charge on any atom is -0.393 e. The molecule has 0 radical (unpaired) electrons. The Hall–Kier alpha value is -0.650. The molecule has 0 bridgehead atoms. The van der Waals surface area contributed by atoms with Gasteiger partial charge < -0.3 is 20.1 Å². The Morgan fingerprint density at radius 3 is 2.94 bits per heavy atom. The lowest BCUT2D eigenvalue weighted by Crippen LogP contribution is -2.45. The van der Waals surface area contributed by atoms with Gasteiger partial charge in [0.05, 0.1) is 25.2 Å². The molecule has 2 rings (SSSR count). The van der Waals surface area contributed by atoms with E-state index in [9.17, 15) is 9.90 Å². The van der Waals surface area contributed by atoms with Crippen molar-refractivity contribution in [1.29, 1.82) is 0 Å². The molecule has 18 heavy (non-hydrogen) atoms. The fourth-order valence-corrected chi connectivity index (χ4v) is 2.88. The van der Waals surface area contributed by atoms with Gasteiger partial charge in [-0.25, -0.2) is 0 Å². The van der Waals surface area contributed by atoms with Gasteiger partial charge in [-0.2, -0.15) is 0 Å². The second-order valence-corrected chi connectivity index (χ2v) is 5.38. The molecule has 2 aliphatic rings. The average molecular weight is 256 g/mol. The first-order valence-corrected chi connectivity index (χ1v) is 6.91. The second kappa shape index (κ2) is 5.99. The first kappa shape index (κ1) is 13.8. The van der Waals surface area contributed by atoms with Crippen LogP contribution >= 0.6 is 0 Å². The number of hydrogen-bond acceptors (Lipinski definition) is 4. The number of carbonyl (C=O) groups excluding carboxylic acids is 1. The summed E-state index contributed by atoms with van der Waals surface area (Å²) in [7, 11) is 0. The van der Waals surface area contributed by atoms with E-state index in [4.69, 9.17) is 4.74 Å². The van der Waals surface area contributed by atoms with Crippen molar-refractivity contribution in [2.24, 2.45) is 11.8 Å². The summed E-state index contributed by atoms with van der Waals surface area (Å²) in [5, 5.41) is 12.9. The van der Waals surface area contributed by atoms with Crippen molar-refractivity contribution in [1.82, 2.24) is 10.2 Å². The summed E-state index contributed by atoms with van der Waals surface area (Å²) in [5.74, 6) is 0.355. The summed E-state index contributed by atoms with van der Waals surface area (Å²) in [4.78, 5) is 14.3. The van der Waals surface area contributed by atoms with Crippen LogP contribution in [0.3, 0.4) is 0 Å². The molecule has 0 aromatic carbocycles. The van der Waals surface area contributed by atoms with Crippen LogP contribution in [0.1, 0.15) is 20.3 Å². The molecule has 0 saturated carbocycles. The minimum absolute atomic E-state index is 0.0577. The van der Waals surface area contributed by atoms with E-state index in [-0.39, 0.29) is 29.9 Å². The largest absolute Gasteiger partial charge is 0.393 e. The molecule has 104 valence electrons. The molecule has 0 aliphatic carbocycles. The van der Waals surface area contributed by atoms with Crippen LogP contribution in [-0.2, 0) is 9.53 Å². The Morgan fingerprint density at radius 1 is 1.56 bits per heavy atom. The van der Waals surface area contributed by atoms with Crippen molar-refractivity contribution >= 4 is 5.91 Å². The summed E-state index contributed by atoms with van der Waals surface area (Å²) < 4.78 is 5.42. The van der Waals surface area contributed by atoms with Crippen molar-refractivity contribution < 1.29 is 14.6 Å². The van der Waals surface area contributed by atoms with Gasteiger partial charge in [0, 0.05) is 25.0 Å². The molecule has 2 saturated heterocycles. The normalized spacial score (nSPS) is 33.9. The molecule has 1 amide bonds. The molecule has 0 aromatic rings. The summed E-state index contributed by atoms with van der Waals surface area (Å²) >= 11 is 0. The molecule has 0 spiro atoms. The van der Waals surface area contributed by atoms with Crippen molar-refractivity contribution in [3.05, 3.63) is 0 Å². The van der Waals surface area contributed by atoms with Crippen molar-refractivity contribution in [3.63, 3.8) is 0 Å². The monoisotopic (exact) mass is 256 g/mol. The third-order valence-electron chi connectivity index (χ3n) is 4.08. The van der Waals surface area contributed by atoms with Gasteiger partial charge >= 0.3 is 0 Å². The smallest absolute Gasteiger partial charge is 0.229 e. The number of nitrogens with one attached hydrogen (secondary N) is 1. The number of carbonyl (C=O) groups is 1. The zero-order valence-electron chi connectivity index (χ0n) is 11.3. The predicted octanol–water partition coefficient (Wildman–Crippen LogP) is -0.160. The van der Waals surface area contributed by atoms with Crippen molar-refractivity contribution in [2.75, 3.05) is 32.8 Å². The van der Waals surface area contributed by atoms with Crippen LogP contribution in [0.4, 0.5) is 0 Å². The highest BCUT2D eigenvalue weighted by Gasteiger charge is 2.38. The number of aliphatic hydroxyl groups is 1. The highest BCUT2D eigenvalue weighted by atomic mass is 16.5. The Morgan fingerprint density at radius 2 is 2.33 bits per heavy atom. The first-order valence-electron chi connectivity index (χ1n) is 6.91. The van der Waals surface area contributed by atoms with E-state index in [1.54, 1.807) is 6.92 Å². The third kappa shape index (κ3) is 2.84. The lowest BCUT2D eigenvalue weighted by atomic mass is 10.0. The maximum absolute atomic E-state index is 12.4. The maximum Gasteiger partial charge on any atom is 0.229 e. The number of ether oxygens (including phenoxy) is 1. The zero-order valence-corrected chi connectivity index (χ0v) is 11.3. The van der Waals surface area contributed by atoms with Crippen LogP contribution in [0.25, 0.3) is 0 Å². The predicted molar refractivity (Wildman–Crippen MR) is 68.1 cm³/mol. The average Bonchev–Trinajstić information content (AvgIpc) is 2.97. The molecule has 4 unspecified atom stereocenters. The Balaban J connectivity index is 1.91. The van der Waals surface area contributed by atoms with E-state index in [1.807, 2.05) is 11.8 Å². The molecular weight excluding hydrogens is 232 g/mol. The van der Waals surface area contributed by atoms with Crippen LogP contribution < -0.4 is 5.32 Å². The lowest BCUT2D eigenvalue weighted by Gasteiger charge is -2.24. The number of likely N-dealkylation sites (tertiary alicyclic amines) is 1. The molecule has 4 atom stereocenters. The molecule has 5 heteroatoms. The Bertz CT molecular complexity index is 296.